The van der Waals surface area contributed by atoms with Crippen LogP contribution in [0, 0.1) is 0 Å². The summed E-state index contributed by atoms with van der Waals surface area (Å²) in [7, 11) is 0. The van der Waals surface area contributed by atoms with Crippen LogP contribution in [0.5, 0.6) is 0 Å². The molecule has 0 fully saturated rings. The minimum Gasteiger partial charge on any atom is -0.462 e. The summed E-state index contributed by atoms with van der Waals surface area (Å²) in [5.74, 6) is -0.307. The fraction of sp³-hybridized carbons (Fsp3) is 0.333. The van der Waals surface area contributed by atoms with Crippen molar-refractivity contribution in [2.45, 2.75) is 25.2 Å². The number of hydrogen-bond acceptors (Lipinski definition) is 4. The molecule has 0 heterocycles. The summed E-state index contributed by atoms with van der Waals surface area (Å²) in [6.45, 7) is 3.61. The molecule has 1 aromatic carbocycles. The number of Topliss-reactive ketones (excluding diaryl/α,β-unsaturated/α-hetero) is 1. The van der Waals surface area contributed by atoms with E-state index in [2.05, 4.69) is 12.6 Å². The average molecular weight is 238 g/mol. The first-order valence-corrected chi connectivity index (χ1v) is 5.47. The summed E-state index contributed by atoms with van der Waals surface area (Å²) in [5, 5.41) is 0. The van der Waals surface area contributed by atoms with Crippen LogP contribution in [0.3, 0.4) is 0 Å². The molecular formula is C12H14O3S. The molecule has 1 rings (SSSR count). The Labute approximate surface area is 100 Å². The maximum atomic E-state index is 11.5. The van der Waals surface area contributed by atoms with E-state index in [4.69, 9.17) is 4.74 Å². The third kappa shape index (κ3) is 3.38. The van der Waals surface area contributed by atoms with E-state index in [1.807, 2.05) is 0 Å². The van der Waals surface area contributed by atoms with Gasteiger partial charge in [-0.1, -0.05) is 6.07 Å². The Morgan fingerprint density at radius 1 is 1.38 bits per heavy atom. The maximum Gasteiger partial charge on any atom is 0.339 e. The number of rotatable bonds is 4. The second kappa shape index (κ2) is 5.70. The molecule has 0 saturated heterocycles. The molecular weight excluding hydrogens is 224 g/mol. The number of ether oxygens (including phenoxy) is 1. The van der Waals surface area contributed by atoms with Gasteiger partial charge in [-0.2, -0.15) is 0 Å². The topological polar surface area (TPSA) is 43.4 Å². The lowest BCUT2D eigenvalue weighted by Gasteiger charge is -2.06. The smallest absolute Gasteiger partial charge is 0.339 e. The Balaban J connectivity index is 2.91. The standard InChI is InChI=1S/C12H14O3S/c1-3-15-12(14)10-5-4-9(6-8(2)13)7-11(10)16/h4-5,7,16H,3,6H2,1-2H3. The molecule has 0 N–H and O–H groups in total. The number of carbonyl (C=O) groups excluding carboxylic acids is 2. The van der Waals surface area contributed by atoms with Crippen LogP contribution in [-0.2, 0) is 16.0 Å². The molecule has 0 unspecified atom stereocenters. The van der Waals surface area contributed by atoms with Crippen molar-refractivity contribution < 1.29 is 14.3 Å². The van der Waals surface area contributed by atoms with Gasteiger partial charge in [-0.15, -0.1) is 12.6 Å². The molecule has 0 spiro atoms. The maximum absolute atomic E-state index is 11.5. The van der Waals surface area contributed by atoms with Crippen molar-refractivity contribution in [2.24, 2.45) is 0 Å². The van der Waals surface area contributed by atoms with E-state index in [1.165, 1.54) is 6.92 Å². The first-order valence-electron chi connectivity index (χ1n) is 5.03. The van der Waals surface area contributed by atoms with Crippen LogP contribution in [0.2, 0.25) is 0 Å². The van der Waals surface area contributed by atoms with Gasteiger partial charge in [-0.3, -0.25) is 4.79 Å². The van der Waals surface area contributed by atoms with Crippen molar-refractivity contribution in [1.82, 2.24) is 0 Å². The third-order valence-electron chi connectivity index (χ3n) is 2.01. The number of carbonyl (C=O) groups is 2. The highest BCUT2D eigenvalue weighted by molar-refractivity contribution is 7.80. The molecule has 0 aliphatic rings. The van der Waals surface area contributed by atoms with Crippen molar-refractivity contribution >= 4 is 24.4 Å². The molecule has 16 heavy (non-hydrogen) atoms. The van der Waals surface area contributed by atoms with Crippen molar-refractivity contribution in [3.8, 4) is 0 Å². The van der Waals surface area contributed by atoms with Crippen LogP contribution >= 0.6 is 12.6 Å². The number of benzene rings is 1. The molecule has 4 heteroatoms. The molecule has 0 aromatic heterocycles. The van der Waals surface area contributed by atoms with Gasteiger partial charge in [-0.25, -0.2) is 4.79 Å². The van der Waals surface area contributed by atoms with E-state index in [1.54, 1.807) is 25.1 Å². The molecule has 1 aromatic rings. The molecule has 0 aliphatic carbocycles. The van der Waals surface area contributed by atoms with Gasteiger partial charge in [0.15, 0.2) is 0 Å². The molecule has 86 valence electrons. The van der Waals surface area contributed by atoms with Gasteiger partial charge in [0.2, 0.25) is 0 Å². The van der Waals surface area contributed by atoms with Gasteiger partial charge in [0, 0.05) is 11.3 Å². The lowest BCUT2D eigenvalue weighted by molar-refractivity contribution is -0.116. The largest absolute Gasteiger partial charge is 0.462 e. The first kappa shape index (κ1) is 12.8. The molecule has 0 bridgehead atoms. The van der Waals surface area contributed by atoms with E-state index in [-0.39, 0.29) is 11.8 Å². The molecule has 0 radical (unpaired) electrons. The summed E-state index contributed by atoms with van der Waals surface area (Å²) >= 11 is 4.21. The van der Waals surface area contributed by atoms with Crippen molar-refractivity contribution in [3.63, 3.8) is 0 Å². The Kier molecular flexibility index (Phi) is 4.55. The summed E-state index contributed by atoms with van der Waals surface area (Å²) in [4.78, 5) is 22.9. The van der Waals surface area contributed by atoms with E-state index < -0.39 is 0 Å². The number of ketones is 1. The summed E-state index contributed by atoms with van der Waals surface area (Å²) in [6.07, 6.45) is 0.358. The number of thiol groups is 1. The molecule has 0 atom stereocenters. The molecule has 0 aliphatic heterocycles. The zero-order valence-electron chi connectivity index (χ0n) is 9.32. The summed E-state index contributed by atoms with van der Waals surface area (Å²) in [6, 6.07) is 5.10. The Hall–Kier alpha value is -1.29. The Morgan fingerprint density at radius 3 is 2.56 bits per heavy atom. The van der Waals surface area contributed by atoms with Gasteiger partial charge >= 0.3 is 5.97 Å². The first-order chi connectivity index (χ1) is 7.54. The Morgan fingerprint density at radius 2 is 2.06 bits per heavy atom. The van der Waals surface area contributed by atoms with Crippen LogP contribution in [0.25, 0.3) is 0 Å². The van der Waals surface area contributed by atoms with Gasteiger partial charge < -0.3 is 4.74 Å². The van der Waals surface area contributed by atoms with Crippen LogP contribution in [0.1, 0.15) is 29.8 Å². The van der Waals surface area contributed by atoms with Crippen LogP contribution in [0.15, 0.2) is 23.1 Å². The van der Waals surface area contributed by atoms with Gasteiger partial charge in [-0.05, 0) is 31.5 Å². The highest BCUT2D eigenvalue weighted by atomic mass is 32.1. The number of esters is 1. The molecule has 3 nitrogen and oxygen atoms in total. The highest BCUT2D eigenvalue weighted by Crippen LogP contribution is 2.17. The average Bonchev–Trinajstić information content (AvgIpc) is 2.16. The Bertz CT molecular complexity index is 413. The van der Waals surface area contributed by atoms with Gasteiger partial charge in [0.1, 0.15) is 5.78 Å². The SMILES string of the molecule is CCOC(=O)c1ccc(CC(C)=O)cc1S. The minimum atomic E-state index is -0.387. The zero-order valence-corrected chi connectivity index (χ0v) is 10.2. The highest BCUT2D eigenvalue weighted by Gasteiger charge is 2.11. The fourth-order valence-corrected chi connectivity index (χ4v) is 1.69. The van der Waals surface area contributed by atoms with Crippen molar-refractivity contribution in [1.29, 1.82) is 0 Å². The second-order valence-electron chi connectivity index (χ2n) is 3.45. The third-order valence-corrected chi connectivity index (χ3v) is 2.38. The lowest BCUT2D eigenvalue weighted by atomic mass is 10.1. The second-order valence-corrected chi connectivity index (χ2v) is 3.93. The van der Waals surface area contributed by atoms with E-state index >= 15 is 0 Å². The van der Waals surface area contributed by atoms with E-state index in [0.717, 1.165) is 5.56 Å². The van der Waals surface area contributed by atoms with Crippen LogP contribution in [0.4, 0.5) is 0 Å². The molecule has 0 saturated carbocycles. The summed E-state index contributed by atoms with van der Waals surface area (Å²) < 4.78 is 4.87. The molecule has 0 amide bonds. The van der Waals surface area contributed by atoms with Crippen LogP contribution < -0.4 is 0 Å². The fourth-order valence-electron chi connectivity index (χ4n) is 1.36. The predicted octanol–water partition coefficient (Wildman–Crippen LogP) is 2.28. The van der Waals surface area contributed by atoms with Crippen molar-refractivity contribution in [3.05, 3.63) is 29.3 Å². The zero-order chi connectivity index (χ0) is 12.1. The normalized spacial score (nSPS) is 9.94. The van der Waals surface area contributed by atoms with Crippen molar-refractivity contribution in [2.75, 3.05) is 6.61 Å². The van der Waals surface area contributed by atoms with Gasteiger partial charge in [0.25, 0.3) is 0 Å². The van der Waals surface area contributed by atoms with E-state index in [9.17, 15) is 9.59 Å². The van der Waals surface area contributed by atoms with Gasteiger partial charge in [0.05, 0.1) is 12.2 Å². The quantitative estimate of drug-likeness (QED) is 0.646. The number of hydrogen-bond donors (Lipinski definition) is 1. The minimum absolute atomic E-state index is 0.0802. The lowest BCUT2D eigenvalue weighted by Crippen LogP contribution is -2.06. The van der Waals surface area contributed by atoms with Crippen LogP contribution in [-0.4, -0.2) is 18.4 Å². The predicted molar refractivity (Wildman–Crippen MR) is 64.0 cm³/mol. The monoisotopic (exact) mass is 238 g/mol. The summed E-state index contributed by atoms with van der Waals surface area (Å²) in [5.41, 5.74) is 1.28. The van der Waals surface area contributed by atoms with E-state index in [0.29, 0.717) is 23.5 Å².